The van der Waals surface area contributed by atoms with Gasteiger partial charge in [0.05, 0.1) is 11.9 Å². The summed E-state index contributed by atoms with van der Waals surface area (Å²) in [4.78, 5) is 0. The van der Waals surface area contributed by atoms with Crippen molar-refractivity contribution in [2.45, 2.75) is 6.17 Å². The number of nitrogens with two attached hydrogens (primary N) is 2. The molecule has 0 amide bonds. The van der Waals surface area contributed by atoms with Crippen LogP contribution in [0, 0.1) is 0 Å². The molecule has 1 rings (SSSR count). The van der Waals surface area contributed by atoms with E-state index in [0.29, 0.717) is 0 Å². The molecule has 0 spiro atoms. The first kappa shape index (κ1) is 5.27. The summed E-state index contributed by atoms with van der Waals surface area (Å²) in [5, 5.41) is 6.30. The van der Waals surface area contributed by atoms with Gasteiger partial charge in [-0.1, -0.05) is 0 Å². The maximum Gasteiger partial charge on any atom is 0.0954 e. The van der Waals surface area contributed by atoms with E-state index >= 15 is 0 Å². The predicted octanol–water partition coefficient (Wildman–Crippen LogP) is -0.674. The van der Waals surface area contributed by atoms with Gasteiger partial charge in [-0.15, -0.1) is 0 Å². The molecule has 0 bridgehead atoms. The summed E-state index contributed by atoms with van der Waals surface area (Å²) in [6.45, 7) is 0. The fourth-order valence-corrected chi connectivity index (χ4v) is 0.452. The zero-order chi connectivity index (χ0) is 5.98. The van der Waals surface area contributed by atoms with Crippen LogP contribution in [0.25, 0.3) is 0 Å². The minimum atomic E-state index is -0.433. The third-order valence-electron chi connectivity index (χ3n) is 0.881. The molecule has 5 N–H and O–H groups in total. The van der Waals surface area contributed by atoms with E-state index in [1.807, 2.05) is 0 Å². The molecule has 0 unspecified atom stereocenters. The van der Waals surface area contributed by atoms with Crippen molar-refractivity contribution in [3.8, 4) is 0 Å². The molecule has 8 heavy (non-hydrogen) atoms. The molecule has 0 aliphatic heterocycles. The van der Waals surface area contributed by atoms with Crippen LogP contribution in [0.3, 0.4) is 0 Å². The Balaban J connectivity index is 2.77. The van der Waals surface area contributed by atoms with E-state index in [2.05, 4.69) is 10.2 Å². The van der Waals surface area contributed by atoms with Crippen LogP contribution in [0.15, 0.2) is 12.3 Å². The van der Waals surface area contributed by atoms with E-state index in [-0.39, 0.29) is 0 Å². The number of hydrogen-bond acceptors (Lipinski definition) is 3. The lowest BCUT2D eigenvalue weighted by molar-refractivity contribution is 0.735. The van der Waals surface area contributed by atoms with Gasteiger partial charge in [0.2, 0.25) is 0 Å². The fraction of sp³-hybridized carbons (Fsp3) is 0.250. The summed E-state index contributed by atoms with van der Waals surface area (Å²) in [6.07, 6.45) is 1.18. The standard InChI is InChI=1S/C4H8N4/c5-4(6)3-1-2-7-8-3/h1-2,4H,5-6H2,(H,7,8). The minimum absolute atomic E-state index is 0.433. The molecule has 4 heteroatoms. The third-order valence-corrected chi connectivity index (χ3v) is 0.881. The van der Waals surface area contributed by atoms with Crippen molar-refractivity contribution in [3.05, 3.63) is 18.0 Å². The summed E-state index contributed by atoms with van der Waals surface area (Å²) in [6, 6.07) is 1.74. The lowest BCUT2D eigenvalue weighted by atomic mass is 10.4. The Morgan fingerprint density at radius 1 is 1.62 bits per heavy atom. The van der Waals surface area contributed by atoms with Crippen molar-refractivity contribution in [1.29, 1.82) is 0 Å². The van der Waals surface area contributed by atoms with E-state index in [1.54, 1.807) is 12.3 Å². The van der Waals surface area contributed by atoms with Crippen molar-refractivity contribution < 1.29 is 0 Å². The van der Waals surface area contributed by atoms with Crippen LogP contribution in [0.5, 0.6) is 0 Å². The van der Waals surface area contributed by atoms with E-state index in [9.17, 15) is 0 Å². The maximum absolute atomic E-state index is 5.26. The van der Waals surface area contributed by atoms with E-state index in [1.165, 1.54) is 0 Å². The van der Waals surface area contributed by atoms with Gasteiger partial charge in [-0.05, 0) is 6.07 Å². The molecule has 1 heterocycles. The van der Waals surface area contributed by atoms with E-state index in [4.69, 9.17) is 11.5 Å². The Kier molecular flexibility index (Phi) is 1.27. The number of H-pyrrole nitrogens is 1. The van der Waals surface area contributed by atoms with Gasteiger partial charge in [-0.25, -0.2) is 0 Å². The summed E-state index contributed by atoms with van der Waals surface area (Å²) >= 11 is 0. The summed E-state index contributed by atoms with van der Waals surface area (Å²) < 4.78 is 0. The molecule has 0 saturated carbocycles. The molecule has 0 saturated heterocycles. The average Bonchev–Trinajstić information content (AvgIpc) is 2.12. The normalized spacial score (nSPS) is 10.4. The molecule has 0 aromatic carbocycles. The Morgan fingerprint density at radius 3 is 2.62 bits per heavy atom. The van der Waals surface area contributed by atoms with Gasteiger partial charge in [0.25, 0.3) is 0 Å². The lowest BCUT2D eigenvalue weighted by Gasteiger charge is -1.97. The number of nitrogens with one attached hydrogen (secondary N) is 1. The summed E-state index contributed by atoms with van der Waals surface area (Å²) in [5.74, 6) is 0. The Hall–Kier alpha value is -0.870. The van der Waals surface area contributed by atoms with Gasteiger partial charge >= 0.3 is 0 Å². The van der Waals surface area contributed by atoms with Crippen molar-refractivity contribution in [1.82, 2.24) is 10.2 Å². The topological polar surface area (TPSA) is 80.7 Å². The zero-order valence-corrected chi connectivity index (χ0v) is 4.33. The molecule has 4 nitrogen and oxygen atoms in total. The molecule has 0 radical (unpaired) electrons. The molecule has 0 aliphatic rings. The van der Waals surface area contributed by atoms with Gasteiger partial charge in [0.15, 0.2) is 0 Å². The van der Waals surface area contributed by atoms with E-state index < -0.39 is 6.17 Å². The highest BCUT2D eigenvalue weighted by Gasteiger charge is 1.96. The minimum Gasteiger partial charge on any atom is -0.311 e. The predicted molar refractivity (Wildman–Crippen MR) is 29.7 cm³/mol. The molecular formula is C4H8N4. The van der Waals surface area contributed by atoms with Crippen LogP contribution in [0.4, 0.5) is 0 Å². The maximum atomic E-state index is 5.26. The second kappa shape index (κ2) is 1.94. The fourth-order valence-electron chi connectivity index (χ4n) is 0.452. The Labute approximate surface area is 46.9 Å². The smallest absolute Gasteiger partial charge is 0.0954 e. The SMILES string of the molecule is NC(N)c1ccn[nH]1. The highest BCUT2D eigenvalue weighted by Crippen LogP contribution is 1.95. The quantitative estimate of drug-likeness (QED) is 0.421. The second-order valence-electron chi connectivity index (χ2n) is 1.54. The molecule has 0 atom stereocenters. The lowest BCUT2D eigenvalue weighted by Crippen LogP contribution is -2.20. The highest BCUT2D eigenvalue weighted by atomic mass is 15.1. The Morgan fingerprint density at radius 2 is 2.38 bits per heavy atom. The van der Waals surface area contributed by atoms with Gasteiger partial charge in [-0.3, -0.25) is 5.10 Å². The second-order valence-corrected chi connectivity index (χ2v) is 1.54. The summed E-state index contributed by atoms with van der Waals surface area (Å²) in [7, 11) is 0. The van der Waals surface area contributed by atoms with Crippen molar-refractivity contribution in [2.24, 2.45) is 11.5 Å². The monoisotopic (exact) mass is 112 g/mol. The molecule has 0 fully saturated rings. The largest absolute Gasteiger partial charge is 0.311 e. The average molecular weight is 112 g/mol. The first-order valence-electron chi connectivity index (χ1n) is 2.31. The first-order valence-corrected chi connectivity index (χ1v) is 2.31. The zero-order valence-electron chi connectivity index (χ0n) is 4.33. The summed E-state index contributed by atoms with van der Waals surface area (Å²) in [5.41, 5.74) is 11.3. The van der Waals surface area contributed by atoms with Crippen LogP contribution in [-0.4, -0.2) is 10.2 Å². The van der Waals surface area contributed by atoms with Crippen LogP contribution in [0.1, 0.15) is 11.9 Å². The molecule has 0 aliphatic carbocycles. The third kappa shape index (κ3) is 0.853. The van der Waals surface area contributed by atoms with Gasteiger partial charge in [0, 0.05) is 6.20 Å². The molecule has 1 aromatic rings. The number of aromatic amines is 1. The highest BCUT2D eigenvalue weighted by molar-refractivity contribution is 5.00. The molecule has 44 valence electrons. The van der Waals surface area contributed by atoms with Gasteiger partial charge in [0.1, 0.15) is 0 Å². The van der Waals surface area contributed by atoms with Crippen molar-refractivity contribution in [3.63, 3.8) is 0 Å². The van der Waals surface area contributed by atoms with Crippen LogP contribution >= 0.6 is 0 Å². The number of aromatic nitrogens is 2. The van der Waals surface area contributed by atoms with Crippen LogP contribution < -0.4 is 11.5 Å². The van der Waals surface area contributed by atoms with Crippen LogP contribution in [-0.2, 0) is 0 Å². The van der Waals surface area contributed by atoms with Crippen molar-refractivity contribution in [2.75, 3.05) is 0 Å². The molecule has 1 aromatic heterocycles. The van der Waals surface area contributed by atoms with Gasteiger partial charge in [-0.2, -0.15) is 5.10 Å². The van der Waals surface area contributed by atoms with E-state index in [0.717, 1.165) is 5.69 Å². The number of nitrogens with zero attached hydrogens (tertiary/aromatic N) is 1. The molecular weight excluding hydrogens is 104 g/mol. The van der Waals surface area contributed by atoms with Crippen LogP contribution in [0.2, 0.25) is 0 Å². The number of hydrogen-bond donors (Lipinski definition) is 3. The van der Waals surface area contributed by atoms with Gasteiger partial charge < -0.3 is 11.5 Å². The van der Waals surface area contributed by atoms with Crippen molar-refractivity contribution >= 4 is 0 Å². The first-order chi connectivity index (χ1) is 3.80. The number of rotatable bonds is 1. The Bertz CT molecular complexity index is 143.